The van der Waals surface area contributed by atoms with Crippen LogP contribution in [-0.2, 0) is 6.42 Å². The van der Waals surface area contributed by atoms with E-state index in [1.54, 1.807) is 12.1 Å². The Balaban J connectivity index is 2.01. The standard InChI is InChI=1S/C17H18ClFN2/c1-20-17(13-8-7-12(18)10-15(13)19)14-6-2-4-11-5-3-9-21-16(11)14/h3,5,7-10,14,17,20H,2,4,6H2,1H3. The van der Waals surface area contributed by atoms with Gasteiger partial charge in [0.15, 0.2) is 0 Å². The Labute approximate surface area is 129 Å². The lowest BCUT2D eigenvalue weighted by Crippen LogP contribution is -2.28. The summed E-state index contributed by atoms with van der Waals surface area (Å²) in [7, 11) is 1.87. The molecule has 2 atom stereocenters. The molecule has 4 heteroatoms. The van der Waals surface area contributed by atoms with Gasteiger partial charge in [-0.25, -0.2) is 4.39 Å². The molecule has 1 aromatic heterocycles. The molecule has 1 heterocycles. The van der Waals surface area contributed by atoms with Crippen LogP contribution in [0.15, 0.2) is 36.5 Å². The first-order valence-electron chi connectivity index (χ1n) is 7.26. The van der Waals surface area contributed by atoms with Gasteiger partial charge in [-0.05, 0) is 50.1 Å². The van der Waals surface area contributed by atoms with Gasteiger partial charge in [0, 0.05) is 34.4 Å². The van der Waals surface area contributed by atoms with Crippen molar-refractivity contribution in [2.75, 3.05) is 7.05 Å². The summed E-state index contributed by atoms with van der Waals surface area (Å²) in [5.74, 6) is -0.0690. The largest absolute Gasteiger partial charge is 0.312 e. The predicted molar refractivity (Wildman–Crippen MR) is 83.1 cm³/mol. The highest BCUT2D eigenvalue weighted by molar-refractivity contribution is 6.30. The molecule has 2 nitrogen and oxygen atoms in total. The minimum absolute atomic E-state index is 0.0868. The SMILES string of the molecule is CNC(c1ccc(Cl)cc1F)C1CCCc2cccnc21. The van der Waals surface area contributed by atoms with Crippen molar-refractivity contribution in [1.29, 1.82) is 0 Å². The molecule has 2 aromatic rings. The van der Waals surface area contributed by atoms with E-state index >= 15 is 0 Å². The molecule has 0 amide bonds. The molecular formula is C17H18ClFN2. The van der Waals surface area contributed by atoms with Crippen molar-refractivity contribution in [3.05, 3.63) is 64.2 Å². The number of hydrogen-bond acceptors (Lipinski definition) is 2. The van der Waals surface area contributed by atoms with E-state index in [0.29, 0.717) is 10.6 Å². The normalized spacial score (nSPS) is 19.1. The molecular weight excluding hydrogens is 287 g/mol. The van der Waals surface area contributed by atoms with E-state index in [4.69, 9.17) is 11.6 Å². The first-order valence-corrected chi connectivity index (χ1v) is 7.64. The number of aromatic nitrogens is 1. The molecule has 1 N–H and O–H groups in total. The molecule has 2 unspecified atom stereocenters. The van der Waals surface area contributed by atoms with Crippen molar-refractivity contribution in [3.8, 4) is 0 Å². The summed E-state index contributed by atoms with van der Waals surface area (Å²) < 4.78 is 14.3. The van der Waals surface area contributed by atoms with Gasteiger partial charge in [-0.2, -0.15) is 0 Å². The Morgan fingerprint density at radius 2 is 2.24 bits per heavy atom. The molecule has 1 aliphatic carbocycles. The second-order valence-corrected chi connectivity index (χ2v) is 5.92. The average Bonchev–Trinajstić information content (AvgIpc) is 2.50. The molecule has 1 aliphatic rings. The number of rotatable bonds is 3. The van der Waals surface area contributed by atoms with Gasteiger partial charge in [0.25, 0.3) is 0 Å². The van der Waals surface area contributed by atoms with Crippen LogP contribution in [0.5, 0.6) is 0 Å². The zero-order chi connectivity index (χ0) is 14.8. The monoisotopic (exact) mass is 304 g/mol. The highest BCUT2D eigenvalue weighted by Gasteiger charge is 2.30. The van der Waals surface area contributed by atoms with Crippen LogP contribution in [0.4, 0.5) is 4.39 Å². The maximum Gasteiger partial charge on any atom is 0.129 e. The molecule has 110 valence electrons. The third-order valence-electron chi connectivity index (χ3n) is 4.25. The van der Waals surface area contributed by atoms with Gasteiger partial charge in [0.2, 0.25) is 0 Å². The fourth-order valence-electron chi connectivity index (χ4n) is 3.30. The Kier molecular flexibility index (Phi) is 4.22. The predicted octanol–water partition coefficient (Wildman–Crippen LogP) is 4.25. The topological polar surface area (TPSA) is 24.9 Å². The van der Waals surface area contributed by atoms with Crippen LogP contribution in [0.3, 0.4) is 0 Å². The fourth-order valence-corrected chi connectivity index (χ4v) is 3.46. The highest BCUT2D eigenvalue weighted by atomic mass is 35.5. The van der Waals surface area contributed by atoms with Crippen LogP contribution in [0, 0.1) is 5.82 Å². The number of pyridine rings is 1. The number of fused-ring (bicyclic) bond motifs is 1. The van der Waals surface area contributed by atoms with Gasteiger partial charge in [0.1, 0.15) is 5.82 Å². The fraction of sp³-hybridized carbons (Fsp3) is 0.353. The number of nitrogens with one attached hydrogen (secondary N) is 1. The summed E-state index contributed by atoms with van der Waals surface area (Å²) in [6.45, 7) is 0. The van der Waals surface area contributed by atoms with E-state index in [1.807, 2.05) is 19.3 Å². The van der Waals surface area contributed by atoms with Crippen molar-refractivity contribution >= 4 is 11.6 Å². The highest BCUT2D eigenvalue weighted by Crippen LogP contribution is 2.39. The smallest absolute Gasteiger partial charge is 0.129 e. The Morgan fingerprint density at radius 3 is 3.00 bits per heavy atom. The van der Waals surface area contributed by atoms with Crippen molar-refractivity contribution in [2.24, 2.45) is 0 Å². The second-order valence-electron chi connectivity index (χ2n) is 5.48. The first-order chi connectivity index (χ1) is 10.2. The van der Waals surface area contributed by atoms with Gasteiger partial charge in [0.05, 0.1) is 0 Å². The van der Waals surface area contributed by atoms with E-state index in [-0.39, 0.29) is 17.8 Å². The lowest BCUT2D eigenvalue weighted by atomic mass is 9.79. The van der Waals surface area contributed by atoms with Gasteiger partial charge in [-0.3, -0.25) is 4.98 Å². The zero-order valence-electron chi connectivity index (χ0n) is 11.9. The summed E-state index contributed by atoms with van der Waals surface area (Å²) in [5.41, 5.74) is 3.03. The average molecular weight is 305 g/mol. The van der Waals surface area contributed by atoms with Gasteiger partial charge in [-0.1, -0.05) is 23.7 Å². The molecule has 0 fully saturated rings. The van der Waals surface area contributed by atoms with Crippen LogP contribution in [-0.4, -0.2) is 12.0 Å². The Hall–Kier alpha value is -1.45. The van der Waals surface area contributed by atoms with Gasteiger partial charge >= 0.3 is 0 Å². The lowest BCUT2D eigenvalue weighted by molar-refractivity contribution is 0.403. The number of benzene rings is 1. The number of likely N-dealkylation sites (N-methyl/N-ethyl adjacent to an activating group) is 1. The van der Waals surface area contributed by atoms with Crippen LogP contribution in [0.25, 0.3) is 0 Å². The van der Waals surface area contributed by atoms with E-state index in [9.17, 15) is 4.39 Å². The molecule has 0 radical (unpaired) electrons. The Bertz CT molecular complexity index is 644. The summed E-state index contributed by atoms with van der Waals surface area (Å²) in [6.07, 6.45) is 5.00. The molecule has 0 saturated carbocycles. The van der Waals surface area contributed by atoms with Gasteiger partial charge < -0.3 is 5.32 Å². The first kappa shape index (κ1) is 14.5. The molecule has 0 bridgehead atoms. The van der Waals surface area contributed by atoms with E-state index < -0.39 is 0 Å². The van der Waals surface area contributed by atoms with Crippen LogP contribution >= 0.6 is 11.6 Å². The number of nitrogens with zero attached hydrogens (tertiary/aromatic N) is 1. The van der Waals surface area contributed by atoms with Crippen molar-refractivity contribution < 1.29 is 4.39 Å². The molecule has 0 spiro atoms. The van der Waals surface area contributed by atoms with Crippen molar-refractivity contribution in [1.82, 2.24) is 10.3 Å². The molecule has 21 heavy (non-hydrogen) atoms. The molecule has 0 aliphatic heterocycles. The Morgan fingerprint density at radius 1 is 1.38 bits per heavy atom. The maximum atomic E-state index is 14.3. The van der Waals surface area contributed by atoms with Crippen molar-refractivity contribution in [2.45, 2.75) is 31.2 Å². The maximum absolute atomic E-state index is 14.3. The van der Waals surface area contributed by atoms with Crippen LogP contribution < -0.4 is 5.32 Å². The van der Waals surface area contributed by atoms with E-state index in [1.165, 1.54) is 11.6 Å². The second kappa shape index (κ2) is 6.12. The van der Waals surface area contributed by atoms with Gasteiger partial charge in [-0.15, -0.1) is 0 Å². The quantitative estimate of drug-likeness (QED) is 0.916. The minimum atomic E-state index is -0.259. The van der Waals surface area contributed by atoms with Crippen molar-refractivity contribution in [3.63, 3.8) is 0 Å². The summed E-state index contributed by atoms with van der Waals surface area (Å²) >= 11 is 5.86. The number of halogens is 2. The summed E-state index contributed by atoms with van der Waals surface area (Å²) in [4.78, 5) is 4.55. The molecule has 1 aromatic carbocycles. The number of aryl methyl sites for hydroxylation is 1. The number of hydrogen-bond donors (Lipinski definition) is 1. The minimum Gasteiger partial charge on any atom is -0.312 e. The molecule has 3 rings (SSSR count). The van der Waals surface area contributed by atoms with E-state index in [0.717, 1.165) is 25.0 Å². The third kappa shape index (κ3) is 2.81. The molecule has 0 saturated heterocycles. The summed E-state index contributed by atoms with van der Waals surface area (Å²) in [6, 6.07) is 8.90. The zero-order valence-corrected chi connectivity index (χ0v) is 12.7. The third-order valence-corrected chi connectivity index (χ3v) is 4.48. The van der Waals surface area contributed by atoms with E-state index in [2.05, 4.69) is 16.4 Å². The summed E-state index contributed by atoms with van der Waals surface area (Å²) in [5, 5.41) is 3.69. The van der Waals surface area contributed by atoms with Crippen LogP contribution in [0.1, 0.15) is 41.6 Å². The van der Waals surface area contributed by atoms with Crippen LogP contribution in [0.2, 0.25) is 5.02 Å². The lowest BCUT2D eigenvalue weighted by Gasteiger charge is -2.31.